The van der Waals surface area contributed by atoms with Crippen molar-refractivity contribution in [2.75, 3.05) is 5.32 Å². The van der Waals surface area contributed by atoms with Gasteiger partial charge in [0.1, 0.15) is 11.6 Å². The zero-order chi connectivity index (χ0) is 22.2. The number of aromatic amines is 2. The number of nitro benzene ring substituents is 1. The summed E-state index contributed by atoms with van der Waals surface area (Å²) in [5, 5.41) is 20.8. The second-order valence-corrected chi connectivity index (χ2v) is 7.20. The highest BCUT2D eigenvalue weighted by molar-refractivity contribution is 6.11. The van der Waals surface area contributed by atoms with Gasteiger partial charge in [0, 0.05) is 29.6 Å². The Labute approximate surface area is 179 Å². The first-order valence-corrected chi connectivity index (χ1v) is 9.64. The number of nitrogens with one attached hydrogen (secondary N) is 3. The predicted octanol–water partition coefficient (Wildman–Crippen LogP) is 4.33. The highest BCUT2D eigenvalue weighted by atomic mass is 19.1. The Kier molecular flexibility index (Phi) is 4.59. The minimum atomic E-state index is -0.529. The monoisotopic (exact) mass is 430 g/mol. The summed E-state index contributed by atoms with van der Waals surface area (Å²) in [7, 11) is 0. The van der Waals surface area contributed by atoms with Gasteiger partial charge in [-0.3, -0.25) is 20.0 Å². The molecule has 5 rings (SSSR count). The van der Waals surface area contributed by atoms with Crippen LogP contribution in [0.2, 0.25) is 0 Å². The number of hydrogen-bond acceptors (Lipinski definition) is 5. The number of carbonyl (C=O) groups is 1. The number of non-ortho nitro benzene ring substituents is 1. The molecular weight excluding hydrogens is 415 g/mol. The number of fused-ring (bicyclic) bond motifs is 2. The van der Waals surface area contributed by atoms with Crippen molar-refractivity contribution in [3.8, 4) is 0 Å². The highest BCUT2D eigenvalue weighted by Crippen LogP contribution is 2.24. The van der Waals surface area contributed by atoms with E-state index in [4.69, 9.17) is 0 Å². The fraction of sp³-hybridized carbons (Fsp3) is 0.0455. The molecule has 2 heterocycles. The van der Waals surface area contributed by atoms with E-state index in [9.17, 15) is 19.3 Å². The number of H-pyrrole nitrogens is 2. The molecule has 3 aromatic carbocycles. The average molecular weight is 430 g/mol. The first-order chi connectivity index (χ1) is 15.5. The summed E-state index contributed by atoms with van der Waals surface area (Å²) in [5.74, 6) is -0.214. The summed E-state index contributed by atoms with van der Waals surface area (Å²) in [6, 6.07) is 15.8. The number of carbonyl (C=O) groups excluding carboxylic acids is 1. The summed E-state index contributed by atoms with van der Waals surface area (Å²) >= 11 is 0. The van der Waals surface area contributed by atoms with Crippen LogP contribution in [0, 0.1) is 15.9 Å². The van der Waals surface area contributed by atoms with Crippen LogP contribution < -0.4 is 5.32 Å². The van der Waals surface area contributed by atoms with Crippen LogP contribution >= 0.6 is 0 Å². The summed E-state index contributed by atoms with van der Waals surface area (Å²) < 4.78 is 13.9. The van der Waals surface area contributed by atoms with Crippen LogP contribution in [0.5, 0.6) is 0 Å². The molecule has 158 valence electrons. The third-order valence-corrected chi connectivity index (χ3v) is 5.08. The number of hydrogen-bond donors (Lipinski definition) is 3. The fourth-order valence-electron chi connectivity index (χ4n) is 3.53. The molecule has 0 unspecified atom stereocenters. The molecule has 0 aliphatic carbocycles. The molecule has 5 aromatic rings. The Bertz CT molecular complexity index is 1510. The largest absolute Gasteiger partial charge is 0.342 e. The lowest BCUT2D eigenvalue weighted by molar-refractivity contribution is -0.384. The SMILES string of the molecule is O=C(Nc1ccc2nc(Cc3ccccc3F)[nH]c2c1)c1n[nH]c2ccc([N+](=O)[O-])cc12. The third-order valence-electron chi connectivity index (χ3n) is 5.08. The fourth-order valence-corrected chi connectivity index (χ4v) is 3.53. The van der Waals surface area contributed by atoms with Crippen LogP contribution in [0.1, 0.15) is 21.9 Å². The van der Waals surface area contributed by atoms with Gasteiger partial charge in [0.2, 0.25) is 0 Å². The molecule has 32 heavy (non-hydrogen) atoms. The van der Waals surface area contributed by atoms with Crippen molar-refractivity contribution in [2.24, 2.45) is 0 Å². The number of rotatable bonds is 5. The average Bonchev–Trinajstić information content (AvgIpc) is 3.38. The number of halogens is 1. The molecule has 0 atom stereocenters. The van der Waals surface area contributed by atoms with Gasteiger partial charge in [-0.15, -0.1) is 0 Å². The molecule has 0 spiro atoms. The Hall–Kier alpha value is -4.60. The van der Waals surface area contributed by atoms with Crippen LogP contribution in [0.15, 0.2) is 60.7 Å². The Morgan fingerprint density at radius 3 is 2.75 bits per heavy atom. The number of nitro groups is 1. The second kappa shape index (κ2) is 7.58. The van der Waals surface area contributed by atoms with E-state index in [1.165, 1.54) is 24.3 Å². The molecule has 0 fully saturated rings. The number of anilines is 1. The quantitative estimate of drug-likeness (QED) is 0.282. The first-order valence-electron chi connectivity index (χ1n) is 9.64. The topological polar surface area (TPSA) is 130 Å². The van der Waals surface area contributed by atoms with E-state index in [1.807, 2.05) is 0 Å². The number of benzene rings is 3. The van der Waals surface area contributed by atoms with E-state index in [-0.39, 0.29) is 17.2 Å². The van der Waals surface area contributed by atoms with Gasteiger partial charge in [-0.25, -0.2) is 9.37 Å². The van der Waals surface area contributed by atoms with Crippen molar-refractivity contribution in [3.63, 3.8) is 0 Å². The van der Waals surface area contributed by atoms with Crippen LogP contribution in [-0.2, 0) is 6.42 Å². The molecule has 3 N–H and O–H groups in total. The summed E-state index contributed by atoms with van der Waals surface area (Å²) in [6.45, 7) is 0. The van der Waals surface area contributed by atoms with Crippen LogP contribution in [0.4, 0.5) is 15.8 Å². The van der Waals surface area contributed by atoms with E-state index >= 15 is 0 Å². The molecule has 0 aliphatic rings. The standard InChI is InChI=1S/C22H15FN6O3/c23-16-4-2-1-3-12(16)9-20-25-18-7-5-13(10-19(18)26-20)24-22(30)21-15-11-14(29(31)32)6-8-17(15)27-28-21/h1-8,10-11H,9H2,(H,24,30)(H,25,26)(H,27,28). The van der Waals surface area contributed by atoms with Gasteiger partial charge < -0.3 is 10.3 Å². The van der Waals surface area contributed by atoms with Crippen molar-refractivity contribution < 1.29 is 14.1 Å². The molecule has 0 aliphatic heterocycles. The van der Waals surface area contributed by atoms with Gasteiger partial charge in [-0.2, -0.15) is 5.10 Å². The molecule has 1 amide bonds. The maximum absolute atomic E-state index is 13.9. The van der Waals surface area contributed by atoms with Crippen molar-refractivity contribution in [3.05, 3.63) is 93.7 Å². The zero-order valence-electron chi connectivity index (χ0n) is 16.4. The maximum Gasteiger partial charge on any atom is 0.276 e. The molecule has 0 saturated heterocycles. The molecule has 10 heteroatoms. The third kappa shape index (κ3) is 3.54. The number of nitrogens with zero attached hydrogens (tertiary/aromatic N) is 3. The van der Waals surface area contributed by atoms with E-state index in [1.54, 1.807) is 36.4 Å². The molecule has 0 radical (unpaired) electrons. The number of amides is 1. The highest BCUT2D eigenvalue weighted by Gasteiger charge is 2.18. The van der Waals surface area contributed by atoms with Crippen LogP contribution in [0.3, 0.4) is 0 Å². The maximum atomic E-state index is 13.9. The van der Waals surface area contributed by atoms with Gasteiger partial charge in [-0.05, 0) is 35.9 Å². The number of imidazole rings is 1. The minimum Gasteiger partial charge on any atom is -0.342 e. The minimum absolute atomic E-state index is 0.0497. The van der Waals surface area contributed by atoms with Crippen LogP contribution in [-0.4, -0.2) is 31.0 Å². The van der Waals surface area contributed by atoms with Crippen molar-refractivity contribution in [2.45, 2.75) is 6.42 Å². The first kappa shape index (κ1) is 19.4. The molecule has 0 saturated carbocycles. The Morgan fingerprint density at radius 2 is 1.94 bits per heavy atom. The smallest absolute Gasteiger partial charge is 0.276 e. The number of aromatic nitrogens is 4. The van der Waals surface area contributed by atoms with E-state index in [0.29, 0.717) is 45.4 Å². The lowest BCUT2D eigenvalue weighted by Gasteiger charge is -2.03. The second-order valence-electron chi connectivity index (χ2n) is 7.20. The van der Waals surface area contributed by atoms with Gasteiger partial charge in [-0.1, -0.05) is 18.2 Å². The zero-order valence-corrected chi connectivity index (χ0v) is 16.4. The molecular formula is C22H15FN6O3. The van der Waals surface area contributed by atoms with E-state index in [0.717, 1.165) is 0 Å². The normalized spacial score (nSPS) is 11.2. The summed E-state index contributed by atoms with van der Waals surface area (Å²) in [4.78, 5) is 30.9. The van der Waals surface area contributed by atoms with Crippen molar-refractivity contribution in [1.82, 2.24) is 20.2 Å². The summed E-state index contributed by atoms with van der Waals surface area (Å²) in [5.41, 5.74) is 2.81. The summed E-state index contributed by atoms with van der Waals surface area (Å²) in [6.07, 6.45) is 0.307. The molecule has 2 aromatic heterocycles. The van der Waals surface area contributed by atoms with Gasteiger partial charge in [0.25, 0.3) is 11.6 Å². The Morgan fingerprint density at radius 1 is 1.09 bits per heavy atom. The Balaban J connectivity index is 1.40. The lowest BCUT2D eigenvalue weighted by atomic mass is 10.1. The lowest BCUT2D eigenvalue weighted by Crippen LogP contribution is -2.12. The van der Waals surface area contributed by atoms with Crippen molar-refractivity contribution in [1.29, 1.82) is 0 Å². The van der Waals surface area contributed by atoms with Crippen molar-refractivity contribution >= 4 is 39.2 Å². The van der Waals surface area contributed by atoms with Gasteiger partial charge in [0.05, 0.1) is 21.5 Å². The van der Waals surface area contributed by atoms with Gasteiger partial charge in [0.15, 0.2) is 5.69 Å². The van der Waals surface area contributed by atoms with Crippen LogP contribution in [0.25, 0.3) is 21.9 Å². The predicted molar refractivity (Wildman–Crippen MR) is 116 cm³/mol. The van der Waals surface area contributed by atoms with Gasteiger partial charge >= 0.3 is 0 Å². The van der Waals surface area contributed by atoms with E-state index in [2.05, 4.69) is 25.5 Å². The van der Waals surface area contributed by atoms with E-state index < -0.39 is 10.8 Å². The molecule has 0 bridgehead atoms. The molecule has 9 nitrogen and oxygen atoms in total.